The van der Waals surface area contributed by atoms with Gasteiger partial charge in [-0.15, -0.1) is 10.2 Å². The molecule has 1 aliphatic rings. The quantitative estimate of drug-likeness (QED) is 0.0666. The van der Waals surface area contributed by atoms with E-state index in [0.29, 0.717) is 21.2 Å². The molecule has 1 unspecified atom stereocenters. The zero-order chi connectivity index (χ0) is 28.7. The Bertz CT molecular complexity index is 1870. The Morgan fingerprint density at radius 3 is 2.61 bits per heavy atom. The largest absolute Gasteiger partial charge is 0.507 e. The molecule has 5 aromatic rings. The predicted octanol–water partition coefficient (Wildman–Crippen LogP) is 7.82. The van der Waals surface area contributed by atoms with Crippen LogP contribution in [0, 0.1) is 12.7 Å². The lowest BCUT2D eigenvalue weighted by Crippen LogP contribution is -2.29. The molecule has 1 amide bonds. The SMILES string of the molecule is Cc1ccc(/C(O)=C2\C(=O)C(=O)N(c3nnc(SCc4cccc5ccccc45)s3)C2c2cccc(Br)c2)cc1F. The van der Waals surface area contributed by atoms with Crippen LogP contribution in [0.2, 0.25) is 0 Å². The first-order valence-corrected chi connectivity index (χ1v) is 15.2. The van der Waals surface area contributed by atoms with E-state index >= 15 is 0 Å². The monoisotopic (exact) mass is 645 g/mol. The minimum absolute atomic E-state index is 0.106. The van der Waals surface area contributed by atoms with Gasteiger partial charge in [-0.05, 0) is 52.6 Å². The maximum Gasteiger partial charge on any atom is 0.301 e. The first kappa shape index (κ1) is 27.3. The van der Waals surface area contributed by atoms with Crippen molar-refractivity contribution in [2.45, 2.75) is 23.1 Å². The van der Waals surface area contributed by atoms with E-state index in [4.69, 9.17) is 0 Å². The molecule has 1 N–H and O–H groups in total. The fraction of sp³-hybridized carbons (Fsp3) is 0.0968. The van der Waals surface area contributed by atoms with Crippen molar-refractivity contribution >= 4 is 72.4 Å². The molecule has 0 radical (unpaired) electrons. The molecule has 10 heteroatoms. The molecule has 0 spiro atoms. The normalized spacial score (nSPS) is 16.6. The number of fused-ring (bicyclic) bond motifs is 1. The Labute approximate surface area is 251 Å². The maximum absolute atomic E-state index is 14.4. The molecule has 1 saturated heterocycles. The fourth-order valence-electron chi connectivity index (χ4n) is 4.83. The number of carbonyl (C=O) groups is 2. The van der Waals surface area contributed by atoms with Gasteiger partial charge in [-0.3, -0.25) is 14.5 Å². The van der Waals surface area contributed by atoms with E-state index in [-0.39, 0.29) is 16.3 Å². The molecule has 1 atom stereocenters. The Kier molecular flexibility index (Phi) is 7.46. The van der Waals surface area contributed by atoms with Crippen LogP contribution < -0.4 is 4.90 Å². The molecule has 1 fully saturated rings. The zero-order valence-corrected chi connectivity index (χ0v) is 24.8. The molecule has 41 heavy (non-hydrogen) atoms. The van der Waals surface area contributed by atoms with E-state index in [1.807, 2.05) is 24.3 Å². The number of anilines is 1. The van der Waals surface area contributed by atoms with E-state index in [1.165, 1.54) is 40.1 Å². The number of rotatable bonds is 6. The summed E-state index contributed by atoms with van der Waals surface area (Å²) in [6.07, 6.45) is 0. The highest BCUT2D eigenvalue weighted by atomic mass is 79.9. The predicted molar refractivity (Wildman–Crippen MR) is 163 cm³/mol. The minimum atomic E-state index is -0.985. The summed E-state index contributed by atoms with van der Waals surface area (Å²) in [7, 11) is 0. The first-order chi connectivity index (χ1) is 19.8. The number of aliphatic hydroxyl groups excluding tert-OH is 1. The Hall–Kier alpha value is -3.86. The van der Waals surface area contributed by atoms with E-state index in [1.54, 1.807) is 25.1 Å². The Morgan fingerprint density at radius 1 is 1.02 bits per heavy atom. The van der Waals surface area contributed by atoms with Crippen molar-refractivity contribution in [3.8, 4) is 0 Å². The number of aromatic nitrogens is 2. The van der Waals surface area contributed by atoms with E-state index in [9.17, 15) is 19.1 Å². The molecule has 6 nitrogen and oxygen atoms in total. The number of ketones is 1. The number of aliphatic hydroxyl groups is 1. The molecule has 1 aromatic heterocycles. The second kappa shape index (κ2) is 11.2. The number of hydrogen-bond acceptors (Lipinski definition) is 7. The van der Waals surface area contributed by atoms with Gasteiger partial charge in [0.15, 0.2) is 4.34 Å². The van der Waals surface area contributed by atoms with Crippen LogP contribution in [0.4, 0.5) is 9.52 Å². The molecule has 1 aliphatic heterocycles. The second-order valence-electron chi connectivity index (χ2n) is 9.47. The number of benzene rings is 4. The maximum atomic E-state index is 14.4. The molecule has 6 rings (SSSR count). The number of aryl methyl sites for hydroxylation is 1. The van der Waals surface area contributed by atoms with Crippen LogP contribution in [-0.4, -0.2) is 27.0 Å². The molecular formula is C31H21BrFN3O3S2. The molecule has 0 aliphatic carbocycles. The molecule has 2 heterocycles. The highest BCUT2D eigenvalue weighted by Gasteiger charge is 2.48. The van der Waals surface area contributed by atoms with Gasteiger partial charge in [-0.2, -0.15) is 0 Å². The molecule has 0 bridgehead atoms. The second-order valence-corrected chi connectivity index (χ2v) is 12.6. The van der Waals surface area contributed by atoms with Crippen LogP contribution >= 0.6 is 39.0 Å². The van der Waals surface area contributed by atoms with Gasteiger partial charge in [0.25, 0.3) is 5.78 Å². The Balaban J connectivity index is 1.38. The molecule has 204 valence electrons. The average Bonchev–Trinajstić information content (AvgIpc) is 3.54. The van der Waals surface area contributed by atoms with E-state index < -0.39 is 29.3 Å². The Morgan fingerprint density at radius 2 is 1.80 bits per heavy atom. The summed E-state index contributed by atoms with van der Waals surface area (Å²) in [5, 5.41) is 22.4. The van der Waals surface area contributed by atoms with Gasteiger partial charge in [0, 0.05) is 15.8 Å². The lowest BCUT2D eigenvalue weighted by atomic mass is 9.95. The number of Topliss-reactive ketones (excluding diaryl/α,β-unsaturated/α-hetero) is 1. The summed E-state index contributed by atoms with van der Waals surface area (Å²) in [5.74, 6) is -2.06. The van der Waals surface area contributed by atoms with Crippen LogP contribution in [0.3, 0.4) is 0 Å². The summed E-state index contributed by atoms with van der Waals surface area (Å²) in [5.41, 5.74) is 2.08. The summed E-state index contributed by atoms with van der Waals surface area (Å²) < 4.78 is 15.7. The van der Waals surface area contributed by atoms with Gasteiger partial charge in [-0.1, -0.05) is 106 Å². The lowest BCUT2D eigenvalue weighted by molar-refractivity contribution is -0.132. The standard InChI is InChI=1S/C31H21BrFN3O3S2/c1-17-12-13-20(15-24(17)33)27(37)25-26(19-8-5-10-22(32)14-19)36(29(39)28(25)38)30-34-35-31(41-30)40-16-21-9-4-7-18-6-2-3-11-23(18)21/h2-15,26,37H,16H2,1H3/b27-25+. The van der Waals surface area contributed by atoms with Crippen molar-refractivity contribution in [1.82, 2.24) is 10.2 Å². The van der Waals surface area contributed by atoms with Crippen molar-refractivity contribution in [1.29, 1.82) is 0 Å². The van der Waals surface area contributed by atoms with Gasteiger partial charge < -0.3 is 5.11 Å². The third kappa shape index (κ3) is 5.18. The van der Waals surface area contributed by atoms with Crippen LogP contribution in [0.5, 0.6) is 0 Å². The number of carbonyl (C=O) groups excluding carboxylic acids is 2. The topological polar surface area (TPSA) is 83.4 Å². The number of halogens is 2. The molecule has 0 saturated carbocycles. The average molecular weight is 647 g/mol. The van der Waals surface area contributed by atoms with E-state index in [0.717, 1.165) is 26.9 Å². The van der Waals surface area contributed by atoms with Crippen molar-refractivity contribution in [2.24, 2.45) is 0 Å². The highest BCUT2D eigenvalue weighted by molar-refractivity contribution is 9.10. The number of nitrogens with zero attached hydrogens (tertiary/aromatic N) is 3. The van der Waals surface area contributed by atoms with Crippen molar-refractivity contribution in [2.75, 3.05) is 4.90 Å². The smallest absolute Gasteiger partial charge is 0.301 e. The van der Waals surface area contributed by atoms with Gasteiger partial charge in [-0.25, -0.2) is 4.39 Å². The third-order valence-electron chi connectivity index (χ3n) is 6.89. The van der Waals surface area contributed by atoms with Gasteiger partial charge in [0.1, 0.15) is 11.6 Å². The molecular weight excluding hydrogens is 625 g/mol. The number of thioether (sulfide) groups is 1. The van der Waals surface area contributed by atoms with Crippen LogP contribution in [0.25, 0.3) is 16.5 Å². The summed E-state index contributed by atoms with van der Waals surface area (Å²) in [4.78, 5) is 28.1. The number of hydrogen-bond donors (Lipinski definition) is 1. The fourth-order valence-corrected chi connectivity index (χ4v) is 7.12. The minimum Gasteiger partial charge on any atom is -0.507 e. The van der Waals surface area contributed by atoms with Crippen LogP contribution in [0.15, 0.2) is 99.3 Å². The molecule has 4 aromatic carbocycles. The van der Waals surface area contributed by atoms with E-state index in [2.05, 4.69) is 50.4 Å². The first-order valence-electron chi connectivity index (χ1n) is 12.6. The van der Waals surface area contributed by atoms with Crippen molar-refractivity contribution in [3.05, 3.63) is 123 Å². The lowest BCUT2D eigenvalue weighted by Gasteiger charge is -2.22. The summed E-state index contributed by atoms with van der Waals surface area (Å²) >= 11 is 6.14. The summed E-state index contributed by atoms with van der Waals surface area (Å²) in [6.45, 7) is 1.60. The third-order valence-corrected chi connectivity index (χ3v) is 9.49. The number of amides is 1. The van der Waals surface area contributed by atoms with Crippen molar-refractivity contribution in [3.63, 3.8) is 0 Å². The zero-order valence-electron chi connectivity index (χ0n) is 21.5. The van der Waals surface area contributed by atoms with Crippen LogP contribution in [0.1, 0.15) is 28.3 Å². The van der Waals surface area contributed by atoms with Gasteiger partial charge in [0.2, 0.25) is 5.13 Å². The van der Waals surface area contributed by atoms with Crippen molar-refractivity contribution < 1.29 is 19.1 Å². The van der Waals surface area contributed by atoms with Gasteiger partial charge >= 0.3 is 5.91 Å². The summed E-state index contributed by atoms with van der Waals surface area (Å²) in [6, 6.07) is 24.6. The van der Waals surface area contributed by atoms with Gasteiger partial charge in [0.05, 0.1) is 11.6 Å². The van der Waals surface area contributed by atoms with Crippen LogP contribution in [-0.2, 0) is 15.3 Å². The highest BCUT2D eigenvalue weighted by Crippen LogP contribution is 2.44.